The van der Waals surface area contributed by atoms with E-state index in [1.165, 1.54) is 16.2 Å². The van der Waals surface area contributed by atoms with Crippen LogP contribution in [0.5, 0.6) is 11.5 Å². The van der Waals surface area contributed by atoms with Gasteiger partial charge in [0.2, 0.25) is 0 Å². The maximum atomic E-state index is 13.5. The number of carbonyl (C=O) groups is 2. The molecule has 4 aromatic rings. The number of rotatable bonds is 5. The van der Waals surface area contributed by atoms with Crippen molar-refractivity contribution in [2.75, 3.05) is 11.5 Å². The van der Waals surface area contributed by atoms with Crippen LogP contribution < -0.4 is 14.4 Å². The predicted molar refractivity (Wildman–Crippen MR) is 147 cm³/mol. The van der Waals surface area contributed by atoms with Crippen LogP contribution in [-0.2, 0) is 16.0 Å². The Balaban J connectivity index is 1.51. The molecule has 0 saturated carbocycles. The zero-order valence-electron chi connectivity index (χ0n) is 20.6. The third-order valence-electron chi connectivity index (χ3n) is 6.67. The van der Waals surface area contributed by atoms with Crippen molar-refractivity contribution in [3.05, 3.63) is 87.9 Å². The first kappa shape index (κ1) is 24.5. The minimum absolute atomic E-state index is 0.00311. The number of hydrogen-bond donors (Lipinski definition) is 1. The number of halogens is 1. The highest BCUT2D eigenvalue weighted by Gasteiger charge is 2.48. The molecule has 0 spiro atoms. The lowest BCUT2D eigenvalue weighted by molar-refractivity contribution is -0.132. The first-order valence-electron chi connectivity index (χ1n) is 12.2. The van der Waals surface area contributed by atoms with E-state index in [1.54, 1.807) is 54.6 Å². The molecule has 1 aromatic heterocycles. The smallest absolute Gasteiger partial charge is 0.301 e. The van der Waals surface area contributed by atoms with E-state index in [4.69, 9.17) is 21.1 Å². The Morgan fingerprint density at radius 2 is 1.95 bits per heavy atom. The molecule has 1 saturated heterocycles. The number of nitrogens with zero attached hydrogens (tertiary/aromatic N) is 2. The summed E-state index contributed by atoms with van der Waals surface area (Å²) in [5, 5.41) is 12.4. The molecule has 3 aromatic carbocycles. The third-order valence-corrected chi connectivity index (χ3v) is 7.92. The largest absolute Gasteiger partial charge is 0.507 e. The molecule has 2 aliphatic heterocycles. The number of ketones is 1. The van der Waals surface area contributed by atoms with Gasteiger partial charge in [-0.1, -0.05) is 35.1 Å². The van der Waals surface area contributed by atoms with Gasteiger partial charge in [0.25, 0.3) is 5.78 Å². The average molecular weight is 547 g/mol. The van der Waals surface area contributed by atoms with Crippen molar-refractivity contribution in [3.8, 4) is 11.5 Å². The standard InChI is InChI=1S/C29H23ClN2O5S/c1-3-36-20-8-4-16(5-9-20)25-24(26(33)17-6-11-22-18(13-17)12-15(2)37-22)27(34)28(35)32(25)29-31-21-10-7-19(30)14-23(21)38-29/h4-11,13-15,25,33H,3,12H2,1-2H3/b26-24+/t15-,25+/m1/s1. The fraction of sp³-hybridized carbons (Fsp3) is 0.207. The summed E-state index contributed by atoms with van der Waals surface area (Å²) in [5.41, 5.74) is 2.70. The number of amides is 1. The zero-order chi connectivity index (χ0) is 26.6. The number of aliphatic hydroxyl groups is 1. The van der Waals surface area contributed by atoms with Gasteiger partial charge in [-0.25, -0.2) is 4.98 Å². The molecule has 0 unspecified atom stereocenters. The Labute approximate surface area is 227 Å². The number of benzene rings is 3. The van der Waals surface area contributed by atoms with E-state index in [0.29, 0.717) is 45.6 Å². The van der Waals surface area contributed by atoms with Crippen LogP contribution in [0.15, 0.2) is 66.2 Å². The predicted octanol–water partition coefficient (Wildman–Crippen LogP) is 6.30. The highest BCUT2D eigenvalue weighted by molar-refractivity contribution is 7.22. The lowest BCUT2D eigenvalue weighted by Crippen LogP contribution is -2.29. The molecule has 6 rings (SSSR count). The molecule has 2 atom stereocenters. The van der Waals surface area contributed by atoms with Gasteiger partial charge in [-0.2, -0.15) is 0 Å². The van der Waals surface area contributed by atoms with Crippen LogP contribution >= 0.6 is 22.9 Å². The van der Waals surface area contributed by atoms with E-state index < -0.39 is 17.7 Å². The van der Waals surface area contributed by atoms with Crippen molar-refractivity contribution in [3.63, 3.8) is 0 Å². The number of aromatic nitrogens is 1. The van der Waals surface area contributed by atoms with E-state index in [9.17, 15) is 14.7 Å². The molecule has 7 nitrogen and oxygen atoms in total. The summed E-state index contributed by atoms with van der Waals surface area (Å²) >= 11 is 7.43. The molecule has 0 radical (unpaired) electrons. The van der Waals surface area contributed by atoms with Gasteiger partial charge in [0.05, 0.1) is 28.4 Å². The number of aliphatic hydroxyl groups excluding tert-OH is 1. The van der Waals surface area contributed by atoms with Gasteiger partial charge < -0.3 is 14.6 Å². The maximum absolute atomic E-state index is 13.5. The van der Waals surface area contributed by atoms with Crippen LogP contribution in [0, 0.1) is 0 Å². The van der Waals surface area contributed by atoms with Crippen molar-refractivity contribution >= 4 is 55.7 Å². The van der Waals surface area contributed by atoms with Gasteiger partial charge in [-0.3, -0.25) is 14.5 Å². The second kappa shape index (κ2) is 9.45. The monoisotopic (exact) mass is 546 g/mol. The Hall–Kier alpha value is -3.88. The molecule has 1 amide bonds. The Bertz CT molecular complexity index is 1630. The van der Waals surface area contributed by atoms with E-state index in [-0.39, 0.29) is 17.4 Å². The molecule has 9 heteroatoms. The van der Waals surface area contributed by atoms with Gasteiger partial charge in [-0.05, 0) is 73.5 Å². The molecule has 3 heterocycles. The third kappa shape index (κ3) is 4.10. The Morgan fingerprint density at radius 3 is 2.71 bits per heavy atom. The quantitative estimate of drug-likeness (QED) is 0.179. The fourth-order valence-electron chi connectivity index (χ4n) is 4.97. The minimum atomic E-state index is -0.884. The summed E-state index contributed by atoms with van der Waals surface area (Å²) in [4.78, 5) is 33.0. The molecular formula is C29H23ClN2O5S. The number of thiazole rings is 1. The van der Waals surface area contributed by atoms with Gasteiger partial charge in [-0.15, -0.1) is 0 Å². The first-order chi connectivity index (χ1) is 18.3. The molecule has 0 bridgehead atoms. The summed E-state index contributed by atoms with van der Waals surface area (Å²) in [7, 11) is 0. The number of carbonyl (C=O) groups excluding carboxylic acids is 2. The van der Waals surface area contributed by atoms with Crippen molar-refractivity contribution in [1.82, 2.24) is 4.98 Å². The Morgan fingerprint density at radius 1 is 1.16 bits per heavy atom. The number of fused-ring (bicyclic) bond motifs is 2. The van der Waals surface area contributed by atoms with Gasteiger partial charge in [0, 0.05) is 17.0 Å². The van der Waals surface area contributed by atoms with Crippen LogP contribution in [0.1, 0.15) is 36.6 Å². The van der Waals surface area contributed by atoms with Crippen LogP contribution in [0.2, 0.25) is 5.02 Å². The molecule has 1 fully saturated rings. The first-order valence-corrected chi connectivity index (χ1v) is 13.4. The summed E-state index contributed by atoms with van der Waals surface area (Å²) in [5.74, 6) is -0.352. The molecule has 2 aliphatic rings. The SMILES string of the molecule is CCOc1ccc([C@H]2/C(=C(\O)c3ccc4c(c3)C[C@@H](C)O4)C(=O)C(=O)N2c2nc3ccc(Cl)cc3s2)cc1. The molecular weight excluding hydrogens is 524 g/mol. The molecule has 38 heavy (non-hydrogen) atoms. The Kier molecular flexibility index (Phi) is 6.08. The van der Waals surface area contributed by atoms with Crippen LogP contribution in [0.25, 0.3) is 16.0 Å². The maximum Gasteiger partial charge on any atom is 0.301 e. The normalized spacial score (nSPS) is 20.1. The lowest BCUT2D eigenvalue weighted by Gasteiger charge is -2.23. The molecule has 1 N–H and O–H groups in total. The highest BCUT2D eigenvalue weighted by atomic mass is 35.5. The number of hydrogen-bond acceptors (Lipinski definition) is 7. The second-order valence-corrected chi connectivity index (χ2v) is 10.7. The van der Waals surface area contributed by atoms with E-state index in [2.05, 4.69) is 4.98 Å². The van der Waals surface area contributed by atoms with Gasteiger partial charge in [0.15, 0.2) is 5.13 Å². The average Bonchev–Trinajstić information content (AvgIpc) is 3.56. The zero-order valence-corrected chi connectivity index (χ0v) is 22.2. The van der Waals surface area contributed by atoms with Gasteiger partial charge >= 0.3 is 5.91 Å². The van der Waals surface area contributed by atoms with E-state index in [0.717, 1.165) is 16.0 Å². The number of ether oxygens (including phenoxy) is 2. The van der Waals surface area contributed by atoms with Crippen molar-refractivity contribution in [2.45, 2.75) is 32.4 Å². The van der Waals surface area contributed by atoms with E-state index in [1.807, 2.05) is 19.9 Å². The summed E-state index contributed by atoms with van der Waals surface area (Å²) in [6, 6.07) is 16.8. The van der Waals surface area contributed by atoms with Crippen molar-refractivity contribution < 1.29 is 24.2 Å². The summed E-state index contributed by atoms with van der Waals surface area (Å²) < 4.78 is 12.1. The molecule has 192 valence electrons. The van der Waals surface area contributed by atoms with Gasteiger partial charge in [0.1, 0.15) is 23.4 Å². The lowest BCUT2D eigenvalue weighted by atomic mass is 9.94. The van der Waals surface area contributed by atoms with Crippen LogP contribution in [-0.4, -0.2) is 34.5 Å². The topological polar surface area (TPSA) is 89.0 Å². The summed E-state index contributed by atoms with van der Waals surface area (Å²) in [6.45, 7) is 4.37. The van der Waals surface area contributed by atoms with Crippen molar-refractivity contribution in [1.29, 1.82) is 0 Å². The van der Waals surface area contributed by atoms with Crippen molar-refractivity contribution in [2.24, 2.45) is 0 Å². The minimum Gasteiger partial charge on any atom is -0.507 e. The second-order valence-electron chi connectivity index (χ2n) is 9.23. The van der Waals surface area contributed by atoms with Crippen LogP contribution in [0.3, 0.4) is 0 Å². The van der Waals surface area contributed by atoms with E-state index >= 15 is 0 Å². The van der Waals surface area contributed by atoms with Crippen LogP contribution in [0.4, 0.5) is 5.13 Å². The summed E-state index contributed by atoms with van der Waals surface area (Å²) in [6.07, 6.45) is 0.728. The highest BCUT2D eigenvalue weighted by Crippen LogP contribution is 2.45. The number of Topliss-reactive ketones (excluding diaryl/α,β-unsaturated/α-hetero) is 1. The molecule has 0 aliphatic carbocycles. The fourth-order valence-corrected chi connectivity index (χ4v) is 6.24. The number of anilines is 1.